The van der Waals surface area contributed by atoms with Crippen molar-refractivity contribution in [2.45, 2.75) is 45.3 Å². The highest BCUT2D eigenvalue weighted by Crippen LogP contribution is 2.28. The lowest BCUT2D eigenvalue weighted by atomic mass is 10.1. The van der Waals surface area contributed by atoms with E-state index in [-0.39, 0.29) is 23.9 Å². The molecule has 1 aromatic rings. The van der Waals surface area contributed by atoms with E-state index in [2.05, 4.69) is 4.98 Å². The number of nitrogens with zero attached hydrogens (tertiary/aromatic N) is 3. The Morgan fingerprint density at radius 2 is 2.21 bits per heavy atom. The molecule has 102 valence electrons. The molecule has 0 N–H and O–H groups in total. The number of hydrogen-bond acceptors (Lipinski definition) is 4. The summed E-state index contributed by atoms with van der Waals surface area (Å²) in [5.74, 6) is 0.157. The quantitative estimate of drug-likeness (QED) is 0.816. The van der Waals surface area contributed by atoms with Crippen molar-refractivity contribution in [3.8, 4) is 0 Å². The van der Waals surface area contributed by atoms with Crippen LogP contribution in [0.15, 0.2) is 5.38 Å². The first kappa shape index (κ1) is 12.6. The number of amides is 2. The molecule has 0 spiro atoms. The predicted molar refractivity (Wildman–Crippen MR) is 71.6 cm³/mol. The average Bonchev–Trinajstić information content (AvgIpc) is 3.01. The van der Waals surface area contributed by atoms with Crippen molar-refractivity contribution in [3.63, 3.8) is 0 Å². The molecule has 2 fully saturated rings. The Morgan fingerprint density at radius 3 is 2.89 bits per heavy atom. The minimum atomic E-state index is -0.371. The molecule has 0 radical (unpaired) electrons. The molecule has 2 saturated heterocycles. The highest BCUT2D eigenvalue weighted by Gasteiger charge is 2.45. The van der Waals surface area contributed by atoms with Gasteiger partial charge in [-0.15, -0.1) is 11.3 Å². The first-order chi connectivity index (χ1) is 9.08. The van der Waals surface area contributed by atoms with Crippen LogP contribution in [0.1, 0.15) is 30.5 Å². The molecule has 0 saturated carbocycles. The zero-order valence-corrected chi connectivity index (χ0v) is 11.9. The van der Waals surface area contributed by atoms with Crippen molar-refractivity contribution < 1.29 is 9.59 Å². The van der Waals surface area contributed by atoms with Gasteiger partial charge in [-0.25, -0.2) is 4.98 Å². The molecule has 6 heteroatoms. The Bertz CT molecular complexity index is 528. The van der Waals surface area contributed by atoms with E-state index in [0.29, 0.717) is 6.54 Å². The number of hydrogen-bond donors (Lipinski definition) is 0. The second-order valence-electron chi connectivity index (χ2n) is 5.19. The van der Waals surface area contributed by atoms with Gasteiger partial charge in [-0.1, -0.05) is 0 Å². The molecule has 0 bridgehead atoms. The standard InChI is InChI=1S/C13H17N3O2S/c1-8-12(17)15-5-3-4-11(15)13(18)16(8)6-10-7-19-9(2)14-10/h7-8,11H,3-6H2,1-2H3/t8-,11+/m0/s1. The summed E-state index contributed by atoms with van der Waals surface area (Å²) in [5, 5.41) is 2.95. The third-order valence-corrected chi connectivity index (χ3v) is 4.75. The summed E-state index contributed by atoms with van der Waals surface area (Å²) in [6.45, 7) is 4.93. The van der Waals surface area contributed by atoms with Crippen molar-refractivity contribution in [1.82, 2.24) is 14.8 Å². The van der Waals surface area contributed by atoms with Crippen LogP contribution in [-0.2, 0) is 16.1 Å². The smallest absolute Gasteiger partial charge is 0.246 e. The SMILES string of the molecule is Cc1nc(CN2C(=O)[C@H]3CCCN3C(=O)[C@@H]2C)cs1. The molecule has 2 amide bonds. The average molecular weight is 279 g/mol. The first-order valence-electron chi connectivity index (χ1n) is 6.60. The lowest BCUT2D eigenvalue weighted by Crippen LogP contribution is -2.61. The van der Waals surface area contributed by atoms with Gasteiger partial charge in [0.25, 0.3) is 0 Å². The van der Waals surface area contributed by atoms with E-state index in [1.165, 1.54) is 0 Å². The fourth-order valence-corrected chi connectivity index (χ4v) is 3.52. The predicted octanol–water partition coefficient (Wildman–Crippen LogP) is 1.17. The normalized spacial score (nSPS) is 27.1. The summed E-state index contributed by atoms with van der Waals surface area (Å²) in [6, 6.07) is -0.604. The second-order valence-corrected chi connectivity index (χ2v) is 6.25. The number of rotatable bonds is 2. The largest absolute Gasteiger partial charge is 0.329 e. The van der Waals surface area contributed by atoms with Gasteiger partial charge in [-0.2, -0.15) is 0 Å². The second kappa shape index (κ2) is 4.59. The molecule has 1 aromatic heterocycles. The molecule has 2 aliphatic heterocycles. The Morgan fingerprint density at radius 1 is 1.42 bits per heavy atom. The third kappa shape index (κ3) is 2.04. The van der Waals surface area contributed by atoms with Gasteiger partial charge in [-0.05, 0) is 26.7 Å². The van der Waals surface area contributed by atoms with Crippen LogP contribution in [0.4, 0.5) is 0 Å². The number of piperazine rings is 1. The maximum absolute atomic E-state index is 12.5. The van der Waals surface area contributed by atoms with Gasteiger partial charge in [0, 0.05) is 11.9 Å². The zero-order valence-electron chi connectivity index (χ0n) is 11.1. The monoisotopic (exact) mass is 279 g/mol. The first-order valence-corrected chi connectivity index (χ1v) is 7.48. The van der Waals surface area contributed by atoms with Gasteiger partial charge < -0.3 is 9.80 Å². The maximum atomic E-state index is 12.5. The van der Waals surface area contributed by atoms with Crippen molar-refractivity contribution in [2.75, 3.05) is 6.54 Å². The van der Waals surface area contributed by atoms with Crippen molar-refractivity contribution >= 4 is 23.2 Å². The molecule has 2 atom stereocenters. The zero-order chi connectivity index (χ0) is 13.6. The Kier molecular flexibility index (Phi) is 3.05. The van der Waals surface area contributed by atoms with Gasteiger partial charge in [0.05, 0.1) is 17.2 Å². The molecule has 3 rings (SSSR count). The van der Waals surface area contributed by atoms with Crippen molar-refractivity contribution in [3.05, 3.63) is 16.1 Å². The van der Waals surface area contributed by atoms with Crippen LogP contribution >= 0.6 is 11.3 Å². The molecule has 19 heavy (non-hydrogen) atoms. The number of aromatic nitrogens is 1. The van der Waals surface area contributed by atoms with E-state index < -0.39 is 0 Å². The fourth-order valence-electron chi connectivity index (χ4n) is 2.91. The molecule has 0 aliphatic carbocycles. The molecule has 0 aromatic carbocycles. The van der Waals surface area contributed by atoms with Gasteiger partial charge in [0.15, 0.2) is 0 Å². The van der Waals surface area contributed by atoms with Crippen molar-refractivity contribution in [1.29, 1.82) is 0 Å². The van der Waals surface area contributed by atoms with Crippen LogP contribution in [0.5, 0.6) is 0 Å². The molecular formula is C13H17N3O2S. The summed E-state index contributed by atoms with van der Waals surface area (Å²) >= 11 is 1.57. The summed E-state index contributed by atoms with van der Waals surface area (Å²) < 4.78 is 0. The third-order valence-electron chi connectivity index (χ3n) is 3.93. The summed E-state index contributed by atoms with van der Waals surface area (Å²) in [4.78, 5) is 32.6. The Balaban J connectivity index is 1.83. The Labute approximate surface area is 116 Å². The van der Waals surface area contributed by atoms with Gasteiger partial charge >= 0.3 is 0 Å². The van der Waals surface area contributed by atoms with Crippen LogP contribution in [0.3, 0.4) is 0 Å². The van der Waals surface area contributed by atoms with E-state index in [4.69, 9.17) is 0 Å². The van der Waals surface area contributed by atoms with Crippen LogP contribution < -0.4 is 0 Å². The molecule has 2 aliphatic rings. The van der Waals surface area contributed by atoms with Crippen LogP contribution in [-0.4, -0.2) is 45.2 Å². The summed E-state index contributed by atoms with van der Waals surface area (Å²) in [6.07, 6.45) is 1.72. The number of fused-ring (bicyclic) bond motifs is 1. The molecular weight excluding hydrogens is 262 g/mol. The van der Waals surface area contributed by atoms with E-state index in [9.17, 15) is 9.59 Å². The van der Waals surface area contributed by atoms with Gasteiger partial charge in [0.2, 0.25) is 11.8 Å². The van der Waals surface area contributed by atoms with E-state index in [1.54, 1.807) is 21.1 Å². The number of carbonyl (C=O) groups is 2. The van der Waals surface area contributed by atoms with Crippen LogP contribution in [0.25, 0.3) is 0 Å². The van der Waals surface area contributed by atoms with E-state index >= 15 is 0 Å². The lowest BCUT2D eigenvalue weighted by molar-refractivity contribution is -0.159. The Hall–Kier alpha value is -1.43. The van der Waals surface area contributed by atoms with Gasteiger partial charge in [-0.3, -0.25) is 9.59 Å². The maximum Gasteiger partial charge on any atom is 0.246 e. The fraction of sp³-hybridized carbons (Fsp3) is 0.615. The minimum absolute atomic E-state index is 0.0778. The van der Waals surface area contributed by atoms with Gasteiger partial charge in [0.1, 0.15) is 12.1 Å². The van der Waals surface area contributed by atoms with Crippen LogP contribution in [0.2, 0.25) is 0 Å². The molecule has 5 nitrogen and oxygen atoms in total. The lowest BCUT2D eigenvalue weighted by Gasteiger charge is -2.40. The highest BCUT2D eigenvalue weighted by molar-refractivity contribution is 7.09. The number of thiazole rings is 1. The van der Waals surface area contributed by atoms with Crippen LogP contribution in [0, 0.1) is 6.92 Å². The number of aryl methyl sites for hydroxylation is 1. The summed E-state index contributed by atoms with van der Waals surface area (Å²) in [7, 11) is 0. The van der Waals surface area contributed by atoms with E-state index in [0.717, 1.165) is 30.1 Å². The van der Waals surface area contributed by atoms with Crippen molar-refractivity contribution in [2.24, 2.45) is 0 Å². The number of carbonyl (C=O) groups excluding carboxylic acids is 2. The van der Waals surface area contributed by atoms with E-state index in [1.807, 2.05) is 19.2 Å². The highest BCUT2D eigenvalue weighted by atomic mass is 32.1. The summed E-state index contributed by atoms with van der Waals surface area (Å²) in [5.41, 5.74) is 0.877. The minimum Gasteiger partial charge on any atom is -0.329 e. The molecule has 3 heterocycles. The topological polar surface area (TPSA) is 53.5 Å². The molecule has 0 unspecified atom stereocenters.